The van der Waals surface area contributed by atoms with E-state index < -0.39 is 10.1 Å². The molecule has 0 saturated heterocycles. The molecule has 0 radical (unpaired) electrons. The monoisotopic (exact) mass is 300 g/mol. The molecular formula is C16H28O3S. The Hall–Kier alpha value is -0.0900. The highest BCUT2D eigenvalue weighted by atomic mass is 32.2. The van der Waals surface area contributed by atoms with Crippen molar-refractivity contribution < 1.29 is 12.6 Å². The molecule has 4 heteroatoms. The van der Waals surface area contributed by atoms with Gasteiger partial charge in [0.25, 0.3) is 10.1 Å². The van der Waals surface area contributed by atoms with Gasteiger partial charge in [-0.15, -0.1) is 0 Å². The van der Waals surface area contributed by atoms with E-state index in [1.54, 1.807) is 0 Å². The first-order valence-electron chi connectivity index (χ1n) is 7.91. The van der Waals surface area contributed by atoms with Crippen LogP contribution in [0.15, 0.2) is 0 Å². The van der Waals surface area contributed by atoms with Crippen molar-refractivity contribution in [2.24, 2.45) is 28.1 Å². The lowest BCUT2D eigenvalue weighted by Gasteiger charge is -2.46. The second-order valence-electron chi connectivity index (χ2n) is 8.52. The Kier molecular flexibility index (Phi) is 2.97. The number of hydrogen-bond donors (Lipinski definition) is 0. The number of hydrogen-bond acceptors (Lipinski definition) is 3. The van der Waals surface area contributed by atoms with Gasteiger partial charge >= 0.3 is 0 Å². The third-order valence-corrected chi connectivity index (χ3v) is 7.48. The molecule has 1 spiro atoms. The Labute approximate surface area is 123 Å². The van der Waals surface area contributed by atoms with Gasteiger partial charge in [-0.3, -0.25) is 4.18 Å². The van der Waals surface area contributed by atoms with Gasteiger partial charge in [0.2, 0.25) is 0 Å². The quantitative estimate of drug-likeness (QED) is 0.732. The van der Waals surface area contributed by atoms with Gasteiger partial charge < -0.3 is 0 Å². The maximum Gasteiger partial charge on any atom is 0.264 e. The molecule has 0 aliphatic heterocycles. The molecule has 0 aromatic heterocycles. The Balaban J connectivity index is 2.10. The van der Waals surface area contributed by atoms with E-state index in [1.807, 2.05) is 0 Å². The zero-order valence-corrected chi connectivity index (χ0v) is 14.2. The molecule has 3 nitrogen and oxygen atoms in total. The van der Waals surface area contributed by atoms with Crippen molar-refractivity contribution in [1.29, 1.82) is 0 Å². The fourth-order valence-electron chi connectivity index (χ4n) is 6.83. The molecule has 0 amide bonds. The van der Waals surface area contributed by atoms with Crippen LogP contribution in [0.5, 0.6) is 0 Å². The van der Waals surface area contributed by atoms with Gasteiger partial charge in [-0.1, -0.05) is 27.7 Å². The second kappa shape index (κ2) is 4.01. The van der Waals surface area contributed by atoms with Crippen molar-refractivity contribution in [2.75, 3.05) is 6.26 Å². The first kappa shape index (κ1) is 14.8. The predicted molar refractivity (Wildman–Crippen MR) is 79.8 cm³/mol. The summed E-state index contributed by atoms with van der Waals surface area (Å²) in [4.78, 5) is 0. The molecule has 0 heterocycles. The third kappa shape index (κ3) is 1.70. The van der Waals surface area contributed by atoms with Gasteiger partial charge in [0.15, 0.2) is 0 Å². The van der Waals surface area contributed by atoms with E-state index in [9.17, 15) is 8.42 Å². The maximum atomic E-state index is 11.7. The van der Waals surface area contributed by atoms with Gasteiger partial charge in [-0.25, -0.2) is 0 Å². The maximum absolute atomic E-state index is 11.7. The molecule has 0 aromatic carbocycles. The summed E-state index contributed by atoms with van der Waals surface area (Å²) in [6, 6.07) is 0. The first-order valence-corrected chi connectivity index (χ1v) is 9.73. The second-order valence-corrected chi connectivity index (χ2v) is 10.1. The summed E-state index contributed by atoms with van der Waals surface area (Å²) < 4.78 is 29.0. The highest BCUT2D eigenvalue weighted by molar-refractivity contribution is 7.86. The molecule has 0 bridgehead atoms. The van der Waals surface area contributed by atoms with E-state index in [-0.39, 0.29) is 16.9 Å². The van der Waals surface area contributed by atoms with Crippen LogP contribution in [0.3, 0.4) is 0 Å². The van der Waals surface area contributed by atoms with Crippen molar-refractivity contribution in [3.63, 3.8) is 0 Å². The van der Waals surface area contributed by atoms with Crippen LogP contribution in [-0.2, 0) is 14.3 Å². The van der Waals surface area contributed by atoms with Gasteiger partial charge in [-0.05, 0) is 54.8 Å². The third-order valence-electron chi connectivity index (χ3n) is 6.90. The van der Waals surface area contributed by atoms with Crippen molar-refractivity contribution in [3.8, 4) is 0 Å². The molecule has 0 N–H and O–H groups in total. The van der Waals surface area contributed by atoms with Gasteiger partial charge in [-0.2, -0.15) is 8.42 Å². The van der Waals surface area contributed by atoms with Gasteiger partial charge in [0, 0.05) is 5.41 Å². The zero-order valence-electron chi connectivity index (χ0n) is 13.4. The Morgan fingerprint density at radius 2 is 1.75 bits per heavy atom. The smallest absolute Gasteiger partial charge is 0.264 e. The SMILES string of the molecule is C[C@@H]1CC[C@H]2C(C)(C)C[C@]3(C)CC[C@@H](OS(C)(=O)=O)C123. The molecule has 3 rings (SSSR count). The first-order chi connectivity index (χ1) is 9.03. The predicted octanol–water partition coefficient (Wildman–Crippen LogP) is 3.59. The molecule has 5 atom stereocenters. The topological polar surface area (TPSA) is 43.4 Å². The zero-order chi connectivity index (χ0) is 15.0. The average Bonchev–Trinajstić information content (AvgIpc) is 2.77. The Bertz CT molecular complexity index is 524. The van der Waals surface area contributed by atoms with E-state index in [0.29, 0.717) is 17.3 Å². The van der Waals surface area contributed by atoms with Crippen molar-refractivity contribution in [3.05, 3.63) is 0 Å². The minimum absolute atomic E-state index is 0.0690. The van der Waals surface area contributed by atoms with Crippen LogP contribution < -0.4 is 0 Å². The highest BCUT2D eigenvalue weighted by Gasteiger charge is 2.74. The van der Waals surface area contributed by atoms with E-state index in [1.165, 1.54) is 25.5 Å². The summed E-state index contributed by atoms with van der Waals surface area (Å²) in [6.45, 7) is 9.46. The van der Waals surface area contributed by atoms with Gasteiger partial charge in [0.1, 0.15) is 0 Å². The summed E-state index contributed by atoms with van der Waals surface area (Å²) >= 11 is 0. The highest BCUT2D eigenvalue weighted by Crippen LogP contribution is 2.78. The minimum Gasteiger partial charge on any atom is -0.266 e. The van der Waals surface area contributed by atoms with Crippen molar-refractivity contribution in [1.82, 2.24) is 0 Å². The summed E-state index contributed by atoms with van der Waals surface area (Å²) in [5.74, 6) is 1.16. The summed E-state index contributed by atoms with van der Waals surface area (Å²) in [5.41, 5.74) is 0.616. The van der Waals surface area contributed by atoms with Crippen LogP contribution in [-0.4, -0.2) is 20.8 Å². The van der Waals surface area contributed by atoms with E-state index in [4.69, 9.17) is 4.18 Å². The molecule has 3 fully saturated rings. The van der Waals surface area contributed by atoms with Crippen molar-refractivity contribution >= 4 is 10.1 Å². The van der Waals surface area contributed by atoms with E-state index >= 15 is 0 Å². The normalized spacial score (nSPS) is 50.1. The fraction of sp³-hybridized carbons (Fsp3) is 1.00. The fourth-order valence-corrected chi connectivity index (χ4v) is 7.51. The van der Waals surface area contributed by atoms with Gasteiger partial charge in [0.05, 0.1) is 12.4 Å². The summed E-state index contributed by atoms with van der Waals surface area (Å²) in [5, 5.41) is 0. The molecule has 0 aromatic rings. The van der Waals surface area contributed by atoms with Crippen molar-refractivity contribution in [2.45, 2.75) is 65.9 Å². The van der Waals surface area contributed by atoms with Crippen LogP contribution in [0.25, 0.3) is 0 Å². The largest absolute Gasteiger partial charge is 0.266 e. The molecule has 20 heavy (non-hydrogen) atoms. The molecule has 1 unspecified atom stereocenters. The lowest BCUT2D eigenvalue weighted by Crippen LogP contribution is -2.47. The van der Waals surface area contributed by atoms with Crippen LogP contribution in [0.1, 0.15) is 59.8 Å². The van der Waals surface area contributed by atoms with E-state index in [2.05, 4.69) is 27.7 Å². The van der Waals surface area contributed by atoms with Crippen LogP contribution in [0.2, 0.25) is 0 Å². The van der Waals surface area contributed by atoms with Crippen LogP contribution in [0, 0.1) is 28.1 Å². The molecule has 116 valence electrons. The average molecular weight is 300 g/mol. The molecule has 3 saturated carbocycles. The summed E-state index contributed by atoms with van der Waals surface area (Å²) in [7, 11) is -3.38. The number of rotatable bonds is 2. The summed E-state index contributed by atoms with van der Waals surface area (Å²) in [6.07, 6.45) is 6.76. The van der Waals surface area contributed by atoms with E-state index in [0.717, 1.165) is 12.8 Å². The Morgan fingerprint density at radius 1 is 1.10 bits per heavy atom. The van der Waals surface area contributed by atoms with Crippen LogP contribution >= 0.6 is 0 Å². The lowest BCUT2D eigenvalue weighted by atomic mass is 9.61. The Morgan fingerprint density at radius 3 is 2.35 bits per heavy atom. The minimum atomic E-state index is -3.38. The standard InChI is InChI=1S/C16H28O3S/c1-11-6-7-12-14(2,3)10-15(4)9-8-13(16(11,12)15)19-20(5,17)18/h11-13H,6-10H2,1-5H3/t11-,12+,13-,15+,16?/m1/s1. The molecular weight excluding hydrogens is 272 g/mol. The molecule has 3 aliphatic carbocycles. The van der Waals surface area contributed by atoms with Crippen LogP contribution in [0.4, 0.5) is 0 Å². The lowest BCUT2D eigenvalue weighted by molar-refractivity contribution is -0.0356. The molecule has 3 aliphatic rings.